The standard InChI is InChI=1S/C10H13ClN2O2S/c1-9(11)8-13-16(14,15)7-4-10-2-5-12-6-3-10/h2-3,5-6,13H,1,4,7-8H2. The summed E-state index contributed by atoms with van der Waals surface area (Å²) in [5.74, 6) is 0.0290. The number of halogens is 1. The number of hydrogen-bond donors (Lipinski definition) is 1. The van der Waals surface area contributed by atoms with Crippen molar-refractivity contribution >= 4 is 21.6 Å². The number of sulfonamides is 1. The number of nitrogens with zero attached hydrogens (tertiary/aromatic N) is 1. The number of rotatable bonds is 6. The molecule has 0 aliphatic rings. The van der Waals surface area contributed by atoms with Crippen molar-refractivity contribution in [2.24, 2.45) is 0 Å². The molecule has 0 saturated carbocycles. The van der Waals surface area contributed by atoms with E-state index in [0.717, 1.165) is 5.56 Å². The molecule has 0 aromatic carbocycles. The van der Waals surface area contributed by atoms with Gasteiger partial charge >= 0.3 is 0 Å². The minimum Gasteiger partial charge on any atom is -0.265 e. The summed E-state index contributed by atoms with van der Waals surface area (Å²) >= 11 is 5.47. The molecule has 0 unspecified atom stereocenters. The van der Waals surface area contributed by atoms with Crippen molar-refractivity contribution < 1.29 is 8.42 Å². The second kappa shape index (κ2) is 5.98. The summed E-state index contributed by atoms with van der Waals surface area (Å²) in [6.07, 6.45) is 3.72. The van der Waals surface area contributed by atoms with E-state index in [0.29, 0.717) is 6.42 Å². The SMILES string of the molecule is C=C(Cl)CNS(=O)(=O)CCc1ccncc1. The van der Waals surface area contributed by atoms with E-state index in [1.54, 1.807) is 24.5 Å². The lowest BCUT2D eigenvalue weighted by atomic mass is 10.2. The van der Waals surface area contributed by atoms with E-state index < -0.39 is 10.0 Å². The van der Waals surface area contributed by atoms with E-state index in [-0.39, 0.29) is 17.3 Å². The van der Waals surface area contributed by atoms with Gasteiger partial charge in [0.1, 0.15) is 0 Å². The second-order valence-corrected chi connectivity index (χ2v) is 5.72. The van der Waals surface area contributed by atoms with Crippen molar-refractivity contribution in [1.82, 2.24) is 9.71 Å². The Morgan fingerprint density at radius 1 is 1.44 bits per heavy atom. The van der Waals surface area contributed by atoms with Gasteiger partial charge in [0, 0.05) is 24.0 Å². The molecule has 16 heavy (non-hydrogen) atoms. The highest BCUT2D eigenvalue weighted by molar-refractivity contribution is 7.89. The van der Waals surface area contributed by atoms with Crippen LogP contribution in [0.4, 0.5) is 0 Å². The van der Waals surface area contributed by atoms with E-state index in [9.17, 15) is 8.42 Å². The maximum Gasteiger partial charge on any atom is 0.212 e. The second-order valence-electron chi connectivity index (χ2n) is 3.26. The van der Waals surface area contributed by atoms with E-state index in [2.05, 4.69) is 16.3 Å². The lowest BCUT2D eigenvalue weighted by Crippen LogP contribution is -2.28. The third-order valence-electron chi connectivity index (χ3n) is 1.89. The Hall–Kier alpha value is -0.910. The molecule has 0 fully saturated rings. The highest BCUT2D eigenvalue weighted by atomic mass is 35.5. The third-order valence-corrected chi connectivity index (χ3v) is 3.35. The average Bonchev–Trinajstić information content (AvgIpc) is 2.26. The molecule has 88 valence electrons. The molecule has 0 atom stereocenters. The van der Waals surface area contributed by atoms with E-state index in [1.165, 1.54) is 0 Å². The van der Waals surface area contributed by atoms with Gasteiger partial charge in [-0.1, -0.05) is 18.2 Å². The molecule has 1 aromatic heterocycles. The largest absolute Gasteiger partial charge is 0.265 e. The Morgan fingerprint density at radius 3 is 2.62 bits per heavy atom. The number of aromatic nitrogens is 1. The van der Waals surface area contributed by atoms with E-state index >= 15 is 0 Å². The van der Waals surface area contributed by atoms with Crippen LogP contribution >= 0.6 is 11.6 Å². The average molecular weight is 261 g/mol. The molecular weight excluding hydrogens is 248 g/mol. The molecule has 0 spiro atoms. The molecule has 1 N–H and O–H groups in total. The predicted octanol–water partition coefficient (Wildman–Crippen LogP) is 1.30. The highest BCUT2D eigenvalue weighted by Gasteiger charge is 2.09. The Labute approximate surface area is 100 Å². The van der Waals surface area contributed by atoms with Gasteiger partial charge in [0.2, 0.25) is 10.0 Å². The summed E-state index contributed by atoms with van der Waals surface area (Å²) in [6.45, 7) is 3.48. The molecule has 1 rings (SSSR count). The molecule has 0 bridgehead atoms. The number of nitrogens with one attached hydrogen (secondary N) is 1. The van der Waals surface area contributed by atoms with Crippen molar-refractivity contribution in [3.05, 3.63) is 41.7 Å². The zero-order valence-corrected chi connectivity index (χ0v) is 10.3. The number of aryl methyl sites for hydroxylation is 1. The van der Waals surface area contributed by atoms with Gasteiger partial charge in [0.25, 0.3) is 0 Å². The van der Waals surface area contributed by atoms with Crippen LogP contribution in [0.15, 0.2) is 36.1 Å². The minimum absolute atomic E-state index is 0.0290. The Morgan fingerprint density at radius 2 is 2.06 bits per heavy atom. The molecule has 0 saturated heterocycles. The molecular formula is C10H13ClN2O2S. The normalized spacial score (nSPS) is 11.3. The van der Waals surface area contributed by atoms with Crippen molar-refractivity contribution in [2.75, 3.05) is 12.3 Å². The summed E-state index contributed by atoms with van der Waals surface area (Å²) in [4.78, 5) is 3.86. The summed E-state index contributed by atoms with van der Waals surface area (Å²) in [5.41, 5.74) is 0.935. The van der Waals surface area contributed by atoms with Gasteiger partial charge in [0.15, 0.2) is 0 Å². The van der Waals surface area contributed by atoms with Gasteiger partial charge in [-0.25, -0.2) is 13.1 Å². The fraction of sp³-hybridized carbons (Fsp3) is 0.300. The first-order valence-corrected chi connectivity index (χ1v) is 6.72. The van der Waals surface area contributed by atoms with Gasteiger partial charge in [-0.15, -0.1) is 0 Å². The van der Waals surface area contributed by atoms with Gasteiger partial charge in [-0.05, 0) is 24.1 Å². The Bertz CT molecular complexity index is 445. The topological polar surface area (TPSA) is 59.1 Å². The first-order chi connectivity index (χ1) is 7.49. The molecule has 0 amide bonds. The first-order valence-electron chi connectivity index (χ1n) is 4.69. The fourth-order valence-electron chi connectivity index (χ4n) is 1.06. The maximum absolute atomic E-state index is 11.5. The van der Waals surface area contributed by atoms with Crippen LogP contribution in [-0.2, 0) is 16.4 Å². The van der Waals surface area contributed by atoms with Crippen LogP contribution in [-0.4, -0.2) is 25.7 Å². The zero-order chi connectivity index (χ0) is 12.0. The Balaban J connectivity index is 2.45. The molecule has 0 radical (unpaired) electrons. The molecule has 4 nitrogen and oxygen atoms in total. The smallest absolute Gasteiger partial charge is 0.212 e. The molecule has 6 heteroatoms. The van der Waals surface area contributed by atoms with Gasteiger partial charge < -0.3 is 0 Å². The van der Waals surface area contributed by atoms with Crippen LogP contribution in [0.2, 0.25) is 0 Å². The number of hydrogen-bond acceptors (Lipinski definition) is 3. The van der Waals surface area contributed by atoms with E-state index in [1.807, 2.05) is 0 Å². The maximum atomic E-state index is 11.5. The van der Waals surface area contributed by atoms with Crippen molar-refractivity contribution in [3.63, 3.8) is 0 Å². The Kier molecular flexibility index (Phi) is 4.92. The van der Waals surface area contributed by atoms with Gasteiger partial charge in [-0.2, -0.15) is 0 Å². The summed E-state index contributed by atoms with van der Waals surface area (Å²) in [7, 11) is -3.29. The zero-order valence-electron chi connectivity index (χ0n) is 8.69. The van der Waals surface area contributed by atoms with Crippen molar-refractivity contribution in [2.45, 2.75) is 6.42 Å². The van der Waals surface area contributed by atoms with Crippen LogP contribution in [0.25, 0.3) is 0 Å². The third kappa shape index (κ3) is 5.25. The van der Waals surface area contributed by atoms with Crippen LogP contribution in [0.5, 0.6) is 0 Å². The van der Waals surface area contributed by atoms with Crippen LogP contribution < -0.4 is 4.72 Å². The van der Waals surface area contributed by atoms with Crippen LogP contribution in [0.1, 0.15) is 5.56 Å². The van der Waals surface area contributed by atoms with Crippen molar-refractivity contribution in [1.29, 1.82) is 0 Å². The summed E-state index contributed by atoms with van der Waals surface area (Å²) in [5, 5.41) is 0.271. The lowest BCUT2D eigenvalue weighted by Gasteiger charge is -2.05. The summed E-state index contributed by atoms with van der Waals surface area (Å²) in [6, 6.07) is 3.58. The monoisotopic (exact) mass is 260 g/mol. The first kappa shape index (κ1) is 13.2. The van der Waals surface area contributed by atoms with Gasteiger partial charge in [0.05, 0.1) is 5.75 Å². The molecule has 1 aromatic rings. The molecule has 0 aliphatic carbocycles. The number of pyridine rings is 1. The highest BCUT2D eigenvalue weighted by Crippen LogP contribution is 2.01. The molecule has 0 aliphatic heterocycles. The van der Waals surface area contributed by atoms with Crippen molar-refractivity contribution in [3.8, 4) is 0 Å². The lowest BCUT2D eigenvalue weighted by molar-refractivity contribution is 0.584. The van der Waals surface area contributed by atoms with Crippen LogP contribution in [0, 0.1) is 0 Å². The minimum atomic E-state index is -3.29. The summed E-state index contributed by atoms with van der Waals surface area (Å²) < 4.78 is 25.3. The van der Waals surface area contributed by atoms with Crippen LogP contribution in [0.3, 0.4) is 0 Å². The molecule has 1 heterocycles. The van der Waals surface area contributed by atoms with Gasteiger partial charge in [-0.3, -0.25) is 4.98 Å². The van der Waals surface area contributed by atoms with E-state index in [4.69, 9.17) is 11.6 Å². The quantitative estimate of drug-likeness (QED) is 0.839. The fourth-order valence-corrected chi connectivity index (χ4v) is 2.25. The predicted molar refractivity (Wildman–Crippen MR) is 64.7 cm³/mol.